The van der Waals surface area contributed by atoms with Gasteiger partial charge in [0.2, 0.25) is 0 Å². The maximum atomic E-state index is 4.56. The topological polar surface area (TPSA) is 47.2 Å². The Bertz CT molecular complexity index is 821. The van der Waals surface area contributed by atoms with Gasteiger partial charge in [-0.25, -0.2) is 9.97 Å². The van der Waals surface area contributed by atoms with E-state index in [1.165, 1.54) is 21.7 Å². The van der Waals surface area contributed by atoms with Gasteiger partial charge in [0.25, 0.3) is 0 Å². The van der Waals surface area contributed by atoms with Crippen molar-refractivity contribution in [3.8, 4) is 0 Å². The Balaban J connectivity index is 1.93. The van der Waals surface area contributed by atoms with Gasteiger partial charge in [0.15, 0.2) is 0 Å². The third kappa shape index (κ3) is 3.26. The number of nitrogens with zero attached hydrogens (tertiary/aromatic N) is 3. The number of aromatic nitrogens is 3. The van der Waals surface area contributed by atoms with E-state index in [-0.39, 0.29) is 0 Å². The predicted molar refractivity (Wildman–Crippen MR) is 98.4 cm³/mol. The van der Waals surface area contributed by atoms with Crippen molar-refractivity contribution in [1.82, 2.24) is 14.5 Å². The molecule has 2 N–H and O–H groups in total. The first-order valence-electron chi connectivity index (χ1n) is 8.45. The molecule has 5 nitrogen and oxygen atoms in total. The summed E-state index contributed by atoms with van der Waals surface area (Å²) in [7, 11) is 4.35. The van der Waals surface area contributed by atoms with E-state index in [1.54, 1.807) is 6.33 Å². The van der Waals surface area contributed by atoms with Crippen molar-refractivity contribution in [1.29, 1.82) is 0 Å². The van der Waals surface area contributed by atoms with E-state index in [0.717, 1.165) is 36.5 Å². The van der Waals surface area contributed by atoms with Gasteiger partial charge >= 0.3 is 0 Å². The minimum absolute atomic E-state index is 0.762. The van der Waals surface area contributed by atoms with E-state index in [1.807, 2.05) is 6.07 Å². The normalized spacial score (nSPS) is 11.4. The molecule has 1 aromatic carbocycles. The van der Waals surface area contributed by atoms with Crippen LogP contribution in [0.5, 0.6) is 0 Å². The first kappa shape index (κ1) is 16.5. The Labute approximate surface area is 143 Å². The van der Waals surface area contributed by atoms with E-state index in [4.69, 9.17) is 0 Å². The van der Waals surface area contributed by atoms with Crippen molar-refractivity contribution in [2.24, 2.45) is 0 Å². The maximum Gasteiger partial charge on any atom is 0.146 e. The standard InChI is InChI=1S/C19H25N5/c1-14-15(2)24(11-10-23(3)4)19-17(14)18(21-13-22-19)20-12-16-8-6-5-7-9-16/h5-9,13H,10-12H2,1-4H3,(H,20,21,22)/p+1. The number of aryl methyl sites for hydroxylation is 1. The number of quaternary nitrogens is 1. The lowest BCUT2D eigenvalue weighted by Crippen LogP contribution is -3.06. The molecular weight excluding hydrogens is 298 g/mol. The van der Waals surface area contributed by atoms with Crippen LogP contribution in [0.2, 0.25) is 0 Å². The lowest BCUT2D eigenvalue weighted by atomic mass is 10.2. The highest BCUT2D eigenvalue weighted by molar-refractivity contribution is 5.91. The van der Waals surface area contributed by atoms with Crippen LogP contribution in [0.25, 0.3) is 11.0 Å². The average molecular weight is 324 g/mol. The Hall–Kier alpha value is -2.40. The maximum absolute atomic E-state index is 4.56. The van der Waals surface area contributed by atoms with E-state index >= 15 is 0 Å². The summed E-state index contributed by atoms with van der Waals surface area (Å²) in [6.07, 6.45) is 1.66. The minimum atomic E-state index is 0.762. The van der Waals surface area contributed by atoms with Crippen molar-refractivity contribution >= 4 is 16.9 Å². The Morgan fingerprint density at radius 2 is 1.83 bits per heavy atom. The predicted octanol–water partition coefficient (Wildman–Crippen LogP) is 1.80. The van der Waals surface area contributed by atoms with E-state index in [0.29, 0.717) is 0 Å². The van der Waals surface area contributed by atoms with Crippen LogP contribution < -0.4 is 10.2 Å². The second kappa shape index (κ2) is 7.01. The van der Waals surface area contributed by atoms with Crippen LogP contribution in [-0.2, 0) is 13.1 Å². The second-order valence-electron chi connectivity index (χ2n) is 6.58. The fourth-order valence-corrected chi connectivity index (χ4v) is 2.99. The molecule has 0 aliphatic carbocycles. The molecule has 3 aromatic rings. The fourth-order valence-electron chi connectivity index (χ4n) is 2.99. The molecule has 2 aromatic heterocycles. The second-order valence-corrected chi connectivity index (χ2v) is 6.58. The smallest absolute Gasteiger partial charge is 0.146 e. The van der Waals surface area contributed by atoms with Gasteiger partial charge in [0.1, 0.15) is 17.8 Å². The van der Waals surface area contributed by atoms with Gasteiger partial charge in [0, 0.05) is 12.2 Å². The molecule has 0 fully saturated rings. The molecular formula is C19H26N5+. The van der Waals surface area contributed by atoms with Gasteiger partial charge in [0.05, 0.1) is 32.6 Å². The zero-order chi connectivity index (χ0) is 17.1. The summed E-state index contributed by atoms with van der Waals surface area (Å²) >= 11 is 0. The lowest BCUT2D eigenvalue weighted by molar-refractivity contribution is -0.858. The average Bonchev–Trinajstić information content (AvgIpc) is 2.83. The Kier molecular flexibility index (Phi) is 4.81. The summed E-state index contributed by atoms with van der Waals surface area (Å²) in [5.41, 5.74) is 4.80. The number of hydrogen-bond acceptors (Lipinski definition) is 3. The molecule has 3 rings (SSSR count). The summed E-state index contributed by atoms with van der Waals surface area (Å²) in [6.45, 7) is 7.13. The first-order chi connectivity index (χ1) is 11.6. The van der Waals surface area contributed by atoms with Crippen LogP contribution in [0.1, 0.15) is 16.8 Å². The monoisotopic (exact) mass is 324 g/mol. The molecule has 2 heterocycles. The first-order valence-corrected chi connectivity index (χ1v) is 8.45. The fraction of sp³-hybridized carbons (Fsp3) is 0.368. The molecule has 0 bridgehead atoms. The number of benzene rings is 1. The molecule has 0 unspecified atom stereocenters. The van der Waals surface area contributed by atoms with Crippen molar-refractivity contribution in [3.63, 3.8) is 0 Å². The third-order valence-corrected chi connectivity index (χ3v) is 4.54. The van der Waals surface area contributed by atoms with E-state index in [2.05, 4.69) is 72.1 Å². The zero-order valence-corrected chi connectivity index (χ0v) is 14.9. The van der Waals surface area contributed by atoms with E-state index < -0.39 is 0 Å². The molecule has 0 atom stereocenters. The molecule has 0 radical (unpaired) electrons. The number of hydrogen-bond donors (Lipinski definition) is 2. The SMILES string of the molecule is Cc1c(C)n(CC[NH+](C)C)c2ncnc(NCc3ccccc3)c12. The van der Waals surface area contributed by atoms with Gasteiger partial charge in [-0.3, -0.25) is 0 Å². The highest BCUT2D eigenvalue weighted by atomic mass is 15.1. The third-order valence-electron chi connectivity index (χ3n) is 4.54. The van der Waals surface area contributed by atoms with Gasteiger partial charge in [-0.2, -0.15) is 0 Å². The highest BCUT2D eigenvalue weighted by Crippen LogP contribution is 2.28. The zero-order valence-electron chi connectivity index (χ0n) is 14.9. The molecule has 0 saturated heterocycles. The molecule has 0 amide bonds. The van der Waals surface area contributed by atoms with Gasteiger partial charge in [-0.05, 0) is 25.0 Å². The summed E-state index contributed by atoms with van der Waals surface area (Å²) in [5, 5.41) is 4.62. The molecule has 0 spiro atoms. The van der Waals surface area contributed by atoms with Crippen LogP contribution in [-0.4, -0.2) is 35.2 Å². The minimum Gasteiger partial charge on any atom is -0.365 e. The van der Waals surface area contributed by atoms with Crippen LogP contribution in [0.15, 0.2) is 36.7 Å². The molecule has 0 aliphatic rings. The van der Waals surface area contributed by atoms with Crippen molar-refractivity contribution < 1.29 is 4.90 Å². The van der Waals surface area contributed by atoms with Crippen molar-refractivity contribution in [3.05, 3.63) is 53.5 Å². The summed E-state index contributed by atoms with van der Waals surface area (Å²) in [5.74, 6) is 0.917. The number of nitrogens with one attached hydrogen (secondary N) is 2. The molecule has 0 aliphatic heterocycles. The van der Waals surface area contributed by atoms with Crippen molar-refractivity contribution in [2.75, 3.05) is 26.0 Å². The number of anilines is 1. The number of rotatable bonds is 6. The van der Waals surface area contributed by atoms with Crippen LogP contribution in [0.4, 0.5) is 5.82 Å². The molecule has 5 heteroatoms. The lowest BCUT2D eigenvalue weighted by Gasteiger charge is -2.11. The summed E-state index contributed by atoms with van der Waals surface area (Å²) in [6, 6.07) is 10.4. The molecule has 0 saturated carbocycles. The molecule has 126 valence electrons. The van der Waals surface area contributed by atoms with Gasteiger partial charge in [-0.15, -0.1) is 0 Å². The van der Waals surface area contributed by atoms with Crippen molar-refractivity contribution in [2.45, 2.75) is 26.9 Å². The number of fused-ring (bicyclic) bond motifs is 1. The number of likely N-dealkylation sites (N-methyl/N-ethyl adjacent to an activating group) is 1. The van der Waals surface area contributed by atoms with Crippen LogP contribution in [0, 0.1) is 13.8 Å². The highest BCUT2D eigenvalue weighted by Gasteiger charge is 2.16. The van der Waals surface area contributed by atoms with Crippen LogP contribution >= 0.6 is 0 Å². The summed E-state index contributed by atoms with van der Waals surface area (Å²) in [4.78, 5) is 10.5. The van der Waals surface area contributed by atoms with Gasteiger partial charge < -0.3 is 14.8 Å². The Morgan fingerprint density at radius 3 is 2.54 bits per heavy atom. The molecule has 24 heavy (non-hydrogen) atoms. The Morgan fingerprint density at radius 1 is 1.08 bits per heavy atom. The van der Waals surface area contributed by atoms with Crippen LogP contribution in [0.3, 0.4) is 0 Å². The van der Waals surface area contributed by atoms with Gasteiger partial charge in [-0.1, -0.05) is 30.3 Å². The largest absolute Gasteiger partial charge is 0.365 e. The van der Waals surface area contributed by atoms with E-state index in [9.17, 15) is 0 Å². The quantitative estimate of drug-likeness (QED) is 0.727. The summed E-state index contributed by atoms with van der Waals surface area (Å²) < 4.78 is 2.31.